The van der Waals surface area contributed by atoms with Crippen LogP contribution in [-0.2, 0) is 0 Å². The molecule has 1 atom stereocenters. The van der Waals surface area contributed by atoms with E-state index in [-0.39, 0.29) is 12.1 Å². The molecule has 2 N–H and O–H groups in total. The fourth-order valence-corrected chi connectivity index (χ4v) is 3.35. The summed E-state index contributed by atoms with van der Waals surface area (Å²) < 4.78 is 4.92. The van der Waals surface area contributed by atoms with Gasteiger partial charge in [0.15, 0.2) is 5.82 Å². The number of aromatic nitrogens is 1. The van der Waals surface area contributed by atoms with Crippen molar-refractivity contribution in [2.24, 2.45) is 0 Å². The van der Waals surface area contributed by atoms with E-state index in [1.165, 1.54) is 10.5 Å². The van der Waals surface area contributed by atoms with E-state index < -0.39 is 0 Å². The van der Waals surface area contributed by atoms with Crippen LogP contribution in [0.3, 0.4) is 0 Å². The number of amides is 2. The lowest BCUT2D eigenvalue weighted by Gasteiger charge is -2.25. The van der Waals surface area contributed by atoms with Crippen LogP contribution in [0.25, 0.3) is 0 Å². The highest BCUT2D eigenvalue weighted by molar-refractivity contribution is 7.99. The quantitative estimate of drug-likeness (QED) is 0.889. The molecule has 1 aromatic carbocycles. The largest absolute Gasteiger partial charge is 0.360 e. The van der Waals surface area contributed by atoms with Gasteiger partial charge < -0.3 is 9.84 Å². The summed E-state index contributed by atoms with van der Waals surface area (Å²) in [6.45, 7) is 1.78. The molecule has 0 aliphatic carbocycles. The summed E-state index contributed by atoms with van der Waals surface area (Å²) >= 11 is 1.83. The zero-order chi connectivity index (χ0) is 13.9. The Balaban J connectivity index is 1.68. The number of nitrogens with zero attached hydrogens (tertiary/aromatic N) is 1. The van der Waals surface area contributed by atoms with Crippen molar-refractivity contribution < 1.29 is 9.32 Å². The molecular weight excluding hydrogens is 274 g/mol. The van der Waals surface area contributed by atoms with E-state index in [1.807, 2.05) is 23.9 Å². The SMILES string of the molecule is Cc1cc(NC(=O)NC2CCSc3ccccc32)no1. The highest BCUT2D eigenvalue weighted by atomic mass is 32.2. The van der Waals surface area contributed by atoms with Gasteiger partial charge in [-0.15, -0.1) is 11.8 Å². The van der Waals surface area contributed by atoms with Gasteiger partial charge in [-0.2, -0.15) is 0 Å². The molecule has 1 aliphatic rings. The number of rotatable bonds is 2. The van der Waals surface area contributed by atoms with Gasteiger partial charge in [0, 0.05) is 16.7 Å². The van der Waals surface area contributed by atoms with E-state index in [2.05, 4.69) is 27.9 Å². The fourth-order valence-electron chi connectivity index (χ4n) is 2.23. The smallest absolute Gasteiger partial charge is 0.320 e. The molecule has 1 aromatic heterocycles. The molecule has 0 bridgehead atoms. The first kappa shape index (κ1) is 13.1. The molecule has 2 aromatic rings. The van der Waals surface area contributed by atoms with Crippen LogP contribution in [0.5, 0.6) is 0 Å². The first-order chi connectivity index (χ1) is 9.72. The average molecular weight is 289 g/mol. The van der Waals surface area contributed by atoms with Crippen LogP contribution in [0, 0.1) is 6.92 Å². The average Bonchev–Trinajstić information content (AvgIpc) is 2.84. The molecular formula is C14H15N3O2S. The Kier molecular flexibility index (Phi) is 3.64. The Morgan fingerprint density at radius 2 is 2.30 bits per heavy atom. The molecule has 0 saturated heterocycles. The number of aryl methyl sites for hydroxylation is 1. The summed E-state index contributed by atoms with van der Waals surface area (Å²) in [6, 6.07) is 9.64. The Hall–Kier alpha value is -1.95. The van der Waals surface area contributed by atoms with Crippen molar-refractivity contribution in [1.29, 1.82) is 0 Å². The van der Waals surface area contributed by atoms with Crippen LogP contribution < -0.4 is 10.6 Å². The molecule has 3 rings (SSSR count). The van der Waals surface area contributed by atoms with Crippen LogP contribution in [0.2, 0.25) is 0 Å². The van der Waals surface area contributed by atoms with Gasteiger partial charge in [-0.25, -0.2) is 4.79 Å². The van der Waals surface area contributed by atoms with Crippen LogP contribution in [0.4, 0.5) is 10.6 Å². The number of benzene rings is 1. The van der Waals surface area contributed by atoms with Gasteiger partial charge in [-0.05, 0) is 25.0 Å². The maximum Gasteiger partial charge on any atom is 0.320 e. The van der Waals surface area contributed by atoms with E-state index in [4.69, 9.17) is 4.52 Å². The molecule has 2 amide bonds. The Labute approximate surface area is 121 Å². The van der Waals surface area contributed by atoms with Crippen molar-refractivity contribution in [2.45, 2.75) is 24.3 Å². The maximum atomic E-state index is 12.0. The van der Waals surface area contributed by atoms with E-state index in [9.17, 15) is 4.79 Å². The van der Waals surface area contributed by atoms with Crippen LogP contribution >= 0.6 is 11.8 Å². The van der Waals surface area contributed by atoms with E-state index >= 15 is 0 Å². The standard InChI is InChI=1S/C14H15N3O2S/c1-9-8-13(17-19-9)16-14(18)15-11-6-7-20-12-5-3-2-4-10(11)12/h2-5,8,11H,6-7H2,1H3,(H2,15,16,17,18). The Morgan fingerprint density at radius 1 is 1.45 bits per heavy atom. The summed E-state index contributed by atoms with van der Waals surface area (Å²) in [5.74, 6) is 2.10. The number of urea groups is 1. The Morgan fingerprint density at radius 3 is 3.10 bits per heavy atom. The third-order valence-corrected chi connectivity index (χ3v) is 4.26. The lowest BCUT2D eigenvalue weighted by atomic mass is 10.0. The minimum atomic E-state index is -0.259. The van der Waals surface area contributed by atoms with Crippen LogP contribution in [-0.4, -0.2) is 16.9 Å². The van der Waals surface area contributed by atoms with Crippen molar-refractivity contribution in [1.82, 2.24) is 10.5 Å². The van der Waals surface area contributed by atoms with Gasteiger partial charge in [0.25, 0.3) is 0 Å². The number of hydrogen-bond donors (Lipinski definition) is 2. The topological polar surface area (TPSA) is 67.2 Å². The molecule has 0 fully saturated rings. The van der Waals surface area contributed by atoms with Gasteiger partial charge in [0.05, 0.1) is 6.04 Å². The van der Waals surface area contributed by atoms with Crippen LogP contribution in [0.1, 0.15) is 23.8 Å². The summed E-state index contributed by atoms with van der Waals surface area (Å²) in [7, 11) is 0. The third-order valence-electron chi connectivity index (χ3n) is 3.13. The van der Waals surface area contributed by atoms with Gasteiger partial charge >= 0.3 is 6.03 Å². The molecule has 1 unspecified atom stereocenters. The van der Waals surface area contributed by atoms with Gasteiger partial charge in [-0.3, -0.25) is 5.32 Å². The first-order valence-electron chi connectivity index (χ1n) is 6.45. The summed E-state index contributed by atoms with van der Waals surface area (Å²) in [5, 5.41) is 9.41. The normalized spacial score (nSPS) is 17.4. The predicted molar refractivity (Wildman–Crippen MR) is 77.9 cm³/mol. The van der Waals surface area contributed by atoms with Crippen LogP contribution in [0.15, 0.2) is 39.8 Å². The summed E-state index contributed by atoms with van der Waals surface area (Å²) in [4.78, 5) is 13.2. The van der Waals surface area contributed by atoms with Crippen molar-refractivity contribution >= 4 is 23.6 Å². The fraction of sp³-hybridized carbons (Fsp3) is 0.286. The second kappa shape index (κ2) is 5.58. The molecule has 0 spiro atoms. The molecule has 2 heterocycles. The molecule has 20 heavy (non-hydrogen) atoms. The minimum absolute atomic E-state index is 0.0421. The second-order valence-corrected chi connectivity index (χ2v) is 5.79. The maximum absolute atomic E-state index is 12.0. The first-order valence-corrected chi connectivity index (χ1v) is 7.43. The number of thioether (sulfide) groups is 1. The van der Waals surface area contributed by atoms with Gasteiger partial charge in [0.1, 0.15) is 5.76 Å². The van der Waals surface area contributed by atoms with E-state index in [1.54, 1.807) is 13.0 Å². The lowest BCUT2D eigenvalue weighted by Crippen LogP contribution is -2.34. The van der Waals surface area contributed by atoms with Crippen molar-refractivity contribution in [3.05, 3.63) is 41.7 Å². The molecule has 0 radical (unpaired) electrons. The Bertz CT molecular complexity index is 626. The number of carbonyl (C=O) groups is 1. The zero-order valence-corrected chi connectivity index (χ0v) is 11.9. The summed E-state index contributed by atoms with van der Waals surface area (Å²) in [6.07, 6.45) is 0.924. The minimum Gasteiger partial charge on any atom is -0.360 e. The van der Waals surface area contributed by atoms with E-state index in [0.29, 0.717) is 11.6 Å². The molecule has 5 nitrogen and oxygen atoms in total. The molecule has 0 saturated carbocycles. The number of carbonyl (C=O) groups excluding carboxylic acids is 1. The summed E-state index contributed by atoms with van der Waals surface area (Å²) in [5.41, 5.74) is 1.18. The highest BCUT2D eigenvalue weighted by Crippen LogP contribution is 2.35. The zero-order valence-electron chi connectivity index (χ0n) is 11.1. The highest BCUT2D eigenvalue weighted by Gasteiger charge is 2.22. The second-order valence-electron chi connectivity index (χ2n) is 4.65. The van der Waals surface area contributed by atoms with Crippen molar-refractivity contribution in [3.63, 3.8) is 0 Å². The number of hydrogen-bond acceptors (Lipinski definition) is 4. The molecule has 104 valence electrons. The van der Waals surface area contributed by atoms with Crippen molar-refractivity contribution in [2.75, 3.05) is 11.1 Å². The molecule has 6 heteroatoms. The monoisotopic (exact) mass is 289 g/mol. The van der Waals surface area contributed by atoms with Gasteiger partial charge in [-0.1, -0.05) is 23.4 Å². The predicted octanol–water partition coefficient (Wildman–Crippen LogP) is 3.34. The third kappa shape index (κ3) is 2.80. The number of fused-ring (bicyclic) bond motifs is 1. The lowest BCUT2D eigenvalue weighted by molar-refractivity contribution is 0.247. The van der Waals surface area contributed by atoms with E-state index in [0.717, 1.165) is 12.2 Å². The number of anilines is 1. The van der Waals surface area contributed by atoms with Gasteiger partial charge in [0.2, 0.25) is 0 Å². The number of nitrogens with one attached hydrogen (secondary N) is 2. The molecule has 1 aliphatic heterocycles. The van der Waals surface area contributed by atoms with Crippen molar-refractivity contribution in [3.8, 4) is 0 Å².